The number of carbonyl (C=O) groups is 2. The molecule has 1 fully saturated rings. The van der Waals surface area contributed by atoms with E-state index in [2.05, 4.69) is 27.3 Å². The van der Waals surface area contributed by atoms with Crippen LogP contribution in [0.3, 0.4) is 0 Å². The highest BCUT2D eigenvalue weighted by Gasteiger charge is 2.42. The normalized spacial score (nSPS) is 20.9. The van der Waals surface area contributed by atoms with Crippen molar-refractivity contribution in [3.63, 3.8) is 0 Å². The molecule has 4 rings (SSSR count). The summed E-state index contributed by atoms with van der Waals surface area (Å²) >= 11 is 0. The Morgan fingerprint density at radius 2 is 1.88 bits per heavy atom. The van der Waals surface area contributed by atoms with Crippen molar-refractivity contribution in [2.45, 2.75) is 19.5 Å². The van der Waals surface area contributed by atoms with Gasteiger partial charge in [-0.25, -0.2) is 4.99 Å². The van der Waals surface area contributed by atoms with E-state index in [1.807, 2.05) is 23.1 Å². The molecule has 0 saturated carbocycles. The van der Waals surface area contributed by atoms with Crippen LogP contribution in [-0.4, -0.2) is 65.3 Å². The first kappa shape index (κ1) is 23.4. The van der Waals surface area contributed by atoms with Crippen LogP contribution in [0.2, 0.25) is 0 Å². The molecule has 2 aliphatic heterocycles. The van der Waals surface area contributed by atoms with Gasteiger partial charge in [-0.2, -0.15) is 0 Å². The molecular weight excluding hydrogens is 438 g/mol. The number of nitrogens with one attached hydrogen (secondary N) is 1. The number of nitro groups is 1. The van der Waals surface area contributed by atoms with E-state index in [1.165, 1.54) is 23.8 Å². The Kier molecular flexibility index (Phi) is 7.17. The van der Waals surface area contributed by atoms with Gasteiger partial charge >= 0.3 is 5.97 Å². The van der Waals surface area contributed by atoms with E-state index < -0.39 is 28.8 Å². The van der Waals surface area contributed by atoms with Gasteiger partial charge in [-0.05, 0) is 18.1 Å². The number of hydrogen-bond donors (Lipinski definition) is 1. The van der Waals surface area contributed by atoms with Crippen molar-refractivity contribution in [1.82, 2.24) is 15.1 Å². The highest BCUT2D eigenvalue weighted by Crippen LogP contribution is 2.32. The molecular formula is C24H27N5O5. The maximum Gasteiger partial charge on any atom is 0.321 e. The molecule has 0 aromatic heterocycles. The number of nitrogens with zero attached hydrogens (tertiary/aromatic N) is 4. The third-order valence-electron chi connectivity index (χ3n) is 5.98. The maximum absolute atomic E-state index is 13.0. The summed E-state index contributed by atoms with van der Waals surface area (Å²) in [7, 11) is 0. The third kappa shape index (κ3) is 5.23. The number of amides is 1. The molecule has 1 N–H and O–H groups in total. The van der Waals surface area contributed by atoms with Gasteiger partial charge in [0.05, 0.1) is 11.5 Å². The molecule has 0 aliphatic carbocycles. The number of carbonyl (C=O) groups excluding carboxylic acids is 2. The molecule has 10 nitrogen and oxygen atoms in total. The summed E-state index contributed by atoms with van der Waals surface area (Å²) in [5.74, 6) is -2.06. The van der Waals surface area contributed by atoms with Crippen LogP contribution in [0.5, 0.6) is 0 Å². The zero-order valence-electron chi connectivity index (χ0n) is 18.9. The van der Waals surface area contributed by atoms with Crippen LogP contribution in [0.1, 0.15) is 24.1 Å². The van der Waals surface area contributed by atoms with Crippen molar-refractivity contribution < 1.29 is 19.2 Å². The second-order valence-corrected chi connectivity index (χ2v) is 8.22. The van der Waals surface area contributed by atoms with Gasteiger partial charge in [0, 0.05) is 44.9 Å². The summed E-state index contributed by atoms with van der Waals surface area (Å²) in [6.07, 6.45) is 0. The van der Waals surface area contributed by atoms with Crippen molar-refractivity contribution in [1.29, 1.82) is 0 Å². The number of piperazine rings is 1. The molecule has 2 atom stereocenters. The average Bonchev–Trinajstić information content (AvgIpc) is 2.85. The first-order chi connectivity index (χ1) is 16.5. The fourth-order valence-electron chi connectivity index (χ4n) is 4.25. The molecule has 2 aliphatic rings. The lowest BCUT2D eigenvalue weighted by atomic mass is 9.91. The van der Waals surface area contributed by atoms with Gasteiger partial charge in [-0.3, -0.25) is 29.9 Å². The number of non-ortho nitro benzene ring substituents is 1. The summed E-state index contributed by atoms with van der Waals surface area (Å²) in [4.78, 5) is 45.4. The monoisotopic (exact) mass is 465 g/mol. The number of rotatable bonds is 6. The summed E-state index contributed by atoms with van der Waals surface area (Å²) in [5.41, 5.74) is 1.53. The molecule has 2 heterocycles. The predicted molar refractivity (Wildman–Crippen MR) is 125 cm³/mol. The third-order valence-corrected chi connectivity index (χ3v) is 5.98. The summed E-state index contributed by atoms with van der Waals surface area (Å²) in [6.45, 7) is 5.48. The van der Waals surface area contributed by atoms with Gasteiger partial charge < -0.3 is 9.64 Å². The van der Waals surface area contributed by atoms with Crippen LogP contribution in [0, 0.1) is 16.0 Å². The lowest BCUT2D eigenvalue weighted by molar-refractivity contribution is -0.384. The number of aliphatic imine (C=N–C) groups is 1. The summed E-state index contributed by atoms with van der Waals surface area (Å²) < 4.78 is 5.11. The zero-order chi connectivity index (χ0) is 24.1. The minimum Gasteiger partial charge on any atom is -0.465 e. The molecule has 1 amide bonds. The Morgan fingerprint density at radius 1 is 1.15 bits per heavy atom. The van der Waals surface area contributed by atoms with Gasteiger partial charge in [0.2, 0.25) is 11.9 Å². The Bertz CT molecular complexity index is 1080. The van der Waals surface area contributed by atoms with Gasteiger partial charge in [0.1, 0.15) is 6.04 Å². The van der Waals surface area contributed by atoms with Crippen molar-refractivity contribution in [2.24, 2.45) is 10.9 Å². The number of hydrogen-bond acceptors (Lipinski definition) is 8. The predicted octanol–water partition coefficient (Wildman–Crippen LogP) is 2.12. The molecule has 0 spiro atoms. The van der Waals surface area contributed by atoms with E-state index in [0.717, 1.165) is 19.6 Å². The second kappa shape index (κ2) is 10.4. The Balaban J connectivity index is 1.55. The van der Waals surface area contributed by atoms with Crippen molar-refractivity contribution in [3.8, 4) is 0 Å². The standard InChI is InChI=1S/C24H27N5O5/c1-2-34-23(31)20-21(18-9-6-10-19(15-18)29(32)33)25-24(26-22(20)30)28-13-11-27(12-14-28)16-17-7-4-3-5-8-17/h3-10,15,20-21H,2,11-14,16H2,1H3,(H,25,26,30)/t20-,21-/m0/s1. The van der Waals surface area contributed by atoms with Crippen LogP contribution in [0.25, 0.3) is 0 Å². The molecule has 178 valence electrons. The number of guanidine groups is 1. The molecule has 0 bridgehead atoms. The van der Waals surface area contributed by atoms with Gasteiger partial charge in [0.15, 0.2) is 5.92 Å². The first-order valence-electron chi connectivity index (χ1n) is 11.3. The van der Waals surface area contributed by atoms with Crippen molar-refractivity contribution in [2.75, 3.05) is 32.8 Å². The molecule has 0 radical (unpaired) electrons. The Labute approximate surface area is 197 Å². The molecule has 1 saturated heterocycles. The van der Waals surface area contributed by atoms with Crippen LogP contribution < -0.4 is 5.32 Å². The largest absolute Gasteiger partial charge is 0.465 e. The Morgan fingerprint density at radius 3 is 2.56 bits per heavy atom. The van der Waals surface area contributed by atoms with Crippen LogP contribution >= 0.6 is 0 Å². The minimum atomic E-state index is -1.22. The fraction of sp³-hybridized carbons (Fsp3) is 0.375. The first-order valence-corrected chi connectivity index (χ1v) is 11.3. The summed E-state index contributed by atoms with van der Waals surface area (Å²) in [5, 5.41) is 14.0. The topological polar surface area (TPSA) is 117 Å². The number of benzene rings is 2. The van der Waals surface area contributed by atoms with E-state index in [9.17, 15) is 19.7 Å². The van der Waals surface area contributed by atoms with Crippen LogP contribution in [-0.2, 0) is 20.9 Å². The molecule has 0 unspecified atom stereocenters. The number of esters is 1. The van der Waals surface area contributed by atoms with Crippen molar-refractivity contribution in [3.05, 3.63) is 75.8 Å². The second-order valence-electron chi connectivity index (χ2n) is 8.22. The van der Waals surface area contributed by atoms with E-state index >= 15 is 0 Å². The van der Waals surface area contributed by atoms with E-state index in [4.69, 9.17) is 4.74 Å². The van der Waals surface area contributed by atoms with E-state index in [1.54, 1.807) is 13.0 Å². The van der Waals surface area contributed by atoms with E-state index in [0.29, 0.717) is 24.6 Å². The Hall–Kier alpha value is -3.79. The average molecular weight is 466 g/mol. The molecule has 10 heteroatoms. The zero-order valence-corrected chi connectivity index (χ0v) is 18.9. The lowest BCUT2D eigenvalue weighted by Crippen LogP contribution is -2.57. The minimum absolute atomic E-state index is 0.115. The molecule has 2 aromatic rings. The van der Waals surface area contributed by atoms with Crippen LogP contribution in [0.15, 0.2) is 59.6 Å². The summed E-state index contributed by atoms with van der Waals surface area (Å²) in [6, 6.07) is 15.2. The number of nitro benzene ring substituents is 1. The molecule has 34 heavy (non-hydrogen) atoms. The number of ether oxygens (including phenoxy) is 1. The quantitative estimate of drug-likeness (QED) is 0.301. The van der Waals surface area contributed by atoms with Crippen LogP contribution in [0.4, 0.5) is 5.69 Å². The van der Waals surface area contributed by atoms with Crippen molar-refractivity contribution >= 4 is 23.5 Å². The van der Waals surface area contributed by atoms with Gasteiger partial charge in [-0.1, -0.05) is 42.5 Å². The highest BCUT2D eigenvalue weighted by molar-refractivity contribution is 6.08. The van der Waals surface area contributed by atoms with E-state index in [-0.39, 0.29) is 12.3 Å². The van der Waals surface area contributed by atoms with Gasteiger partial charge in [-0.15, -0.1) is 0 Å². The van der Waals surface area contributed by atoms with Gasteiger partial charge in [0.25, 0.3) is 5.69 Å². The SMILES string of the molecule is CCOC(=O)[C@@H]1C(=O)NC(N2CCN(Cc3ccccc3)CC2)=N[C@H]1c1cccc([N+](=O)[O-])c1. The molecule has 2 aromatic carbocycles. The highest BCUT2D eigenvalue weighted by atomic mass is 16.6. The fourth-order valence-corrected chi connectivity index (χ4v) is 4.25. The smallest absolute Gasteiger partial charge is 0.321 e. The lowest BCUT2D eigenvalue weighted by Gasteiger charge is -2.39. The maximum atomic E-state index is 13.0.